The quantitative estimate of drug-likeness (QED) is 0.477. The lowest BCUT2D eigenvalue weighted by Crippen LogP contribution is -2.56. The molecule has 1 atom stereocenters. The lowest BCUT2D eigenvalue weighted by atomic mass is 9.90. The highest BCUT2D eigenvalue weighted by Gasteiger charge is 2.74. The van der Waals surface area contributed by atoms with Crippen molar-refractivity contribution in [3.63, 3.8) is 0 Å². The first-order chi connectivity index (χ1) is 6.58. The van der Waals surface area contributed by atoms with Crippen molar-refractivity contribution in [2.75, 3.05) is 0 Å². The number of halogens is 7. The van der Waals surface area contributed by atoms with Crippen molar-refractivity contribution in [2.45, 2.75) is 23.4 Å². The molecule has 1 aliphatic rings. The smallest absolute Gasteiger partial charge is 0.212 e. The van der Waals surface area contributed by atoms with Crippen molar-refractivity contribution in [2.24, 2.45) is 0 Å². The summed E-state index contributed by atoms with van der Waals surface area (Å²) in [5.41, 5.74) is -1.50. The monoisotopic (exact) mass is 249 g/mol. The van der Waals surface area contributed by atoms with Gasteiger partial charge in [0, 0.05) is 0 Å². The molecule has 0 N–H and O–H groups in total. The Balaban J connectivity index is 3.44. The lowest BCUT2D eigenvalue weighted by molar-refractivity contribution is -0.204. The zero-order valence-corrected chi connectivity index (χ0v) is 7.56. The Bertz CT molecular complexity index is 366. The normalized spacial score (nSPS) is 33.7. The van der Waals surface area contributed by atoms with Crippen LogP contribution in [0.1, 0.15) is 6.42 Å². The summed E-state index contributed by atoms with van der Waals surface area (Å²) in [4.78, 5) is 0. The number of rotatable bonds is 0. The molecule has 8 heteroatoms. The van der Waals surface area contributed by atoms with Gasteiger partial charge in [-0.1, -0.05) is 11.6 Å². The highest BCUT2D eigenvalue weighted by atomic mass is 35.5. The van der Waals surface area contributed by atoms with Crippen LogP contribution in [0.2, 0.25) is 0 Å². The summed E-state index contributed by atoms with van der Waals surface area (Å²) in [5.74, 6) is -12.5. The van der Waals surface area contributed by atoms with Gasteiger partial charge in [0.05, 0.1) is 18.1 Å². The number of nitriles is 1. The molecule has 0 aromatic heterocycles. The van der Waals surface area contributed by atoms with E-state index in [2.05, 4.69) is 11.6 Å². The molecular weight excluding hydrogens is 248 g/mol. The van der Waals surface area contributed by atoms with Gasteiger partial charge >= 0.3 is 17.0 Å². The van der Waals surface area contributed by atoms with Crippen LogP contribution >= 0.6 is 11.6 Å². The maximum absolute atomic E-state index is 12.9. The van der Waals surface area contributed by atoms with Crippen molar-refractivity contribution in [3.05, 3.63) is 11.4 Å². The Morgan fingerprint density at radius 1 is 1.20 bits per heavy atom. The second kappa shape index (κ2) is 3.04. The molecule has 0 heterocycles. The van der Waals surface area contributed by atoms with E-state index >= 15 is 0 Å². The summed E-state index contributed by atoms with van der Waals surface area (Å²) in [6.45, 7) is 0. The van der Waals surface area contributed by atoms with E-state index in [0.29, 0.717) is 0 Å². The molecule has 15 heavy (non-hydrogen) atoms. The van der Waals surface area contributed by atoms with Gasteiger partial charge in [0.2, 0.25) is 0 Å². The Morgan fingerprint density at radius 2 is 1.67 bits per heavy atom. The van der Waals surface area contributed by atoms with Crippen LogP contribution in [0.4, 0.5) is 26.3 Å². The predicted octanol–water partition coefficient (Wildman–Crippen LogP) is 3.31. The van der Waals surface area contributed by atoms with Gasteiger partial charge in [-0.2, -0.15) is 14.0 Å². The second-order valence-corrected chi connectivity index (χ2v) is 3.46. The number of alkyl halides is 6. The maximum Gasteiger partial charge on any atom is 0.352 e. The Hall–Kier alpha value is -0.900. The third kappa shape index (κ3) is 1.39. The molecule has 1 nitrogen and oxygen atoms in total. The number of hydrogen-bond acceptors (Lipinski definition) is 1. The fourth-order valence-electron chi connectivity index (χ4n) is 1.06. The van der Waals surface area contributed by atoms with Crippen LogP contribution in [0.3, 0.4) is 0 Å². The molecule has 1 rings (SSSR count). The zero-order valence-electron chi connectivity index (χ0n) is 6.80. The van der Waals surface area contributed by atoms with Gasteiger partial charge in [-0.05, 0) is 0 Å². The summed E-state index contributed by atoms with van der Waals surface area (Å²) in [7, 11) is 0. The van der Waals surface area contributed by atoms with Crippen LogP contribution in [0.15, 0.2) is 11.4 Å². The highest BCUT2D eigenvalue weighted by molar-refractivity contribution is 6.24. The van der Waals surface area contributed by atoms with Gasteiger partial charge < -0.3 is 0 Å². The van der Waals surface area contributed by atoms with Crippen molar-refractivity contribution in [3.8, 4) is 6.07 Å². The van der Waals surface area contributed by atoms with Crippen molar-refractivity contribution in [1.29, 1.82) is 5.26 Å². The van der Waals surface area contributed by atoms with E-state index in [1.165, 1.54) is 0 Å². The molecule has 0 spiro atoms. The first-order valence-electron chi connectivity index (χ1n) is 3.50. The molecule has 0 radical (unpaired) electrons. The molecule has 0 saturated carbocycles. The summed E-state index contributed by atoms with van der Waals surface area (Å²) < 4.78 is 76.6. The van der Waals surface area contributed by atoms with Crippen molar-refractivity contribution < 1.29 is 26.3 Å². The van der Waals surface area contributed by atoms with E-state index in [0.717, 1.165) is 6.07 Å². The average molecular weight is 250 g/mol. The van der Waals surface area contributed by atoms with Gasteiger partial charge in [0.15, 0.2) is 5.83 Å². The molecule has 84 valence electrons. The van der Waals surface area contributed by atoms with Gasteiger partial charge in [-0.3, -0.25) is 0 Å². The number of allylic oxidation sites excluding steroid dienone is 2. The molecule has 0 amide bonds. The standard InChI is InChI=1S/C7H2ClF6N/c8-7(14)5(10,11)1-3(2-15)4(9)6(7,12)13/h1H2/t7-/m0/s1. The molecule has 0 aromatic rings. The van der Waals surface area contributed by atoms with E-state index in [-0.39, 0.29) is 0 Å². The third-order valence-corrected chi connectivity index (χ3v) is 2.44. The molecule has 0 bridgehead atoms. The SMILES string of the molecule is N#CC1=C(F)C(F)(F)[C@](F)(Cl)C(F)(F)C1. The Labute approximate surface area is 84.9 Å². The van der Waals surface area contributed by atoms with Crippen molar-refractivity contribution >= 4 is 11.6 Å². The summed E-state index contributed by atoms with van der Waals surface area (Å²) >= 11 is 4.32. The Kier molecular flexibility index (Phi) is 2.47. The first kappa shape index (κ1) is 12.2. The van der Waals surface area contributed by atoms with Crippen LogP contribution in [-0.2, 0) is 0 Å². The highest BCUT2D eigenvalue weighted by Crippen LogP contribution is 2.57. The van der Waals surface area contributed by atoms with Crippen LogP contribution < -0.4 is 0 Å². The second-order valence-electron chi connectivity index (χ2n) is 2.93. The van der Waals surface area contributed by atoms with Crippen LogP contribution in [-0.4, -0.2) is 17.0 Å². The van der Waals surface area contributed by atoms with E-state index in [9.17, 15) is 26.3 Å². The number of nitrogens with zero attached hydrogens (tertiary/aromatic N) is 1. The largest absolute Gasteiger partial charge is 0.352 e. The maximum atomic E-state index is 12.9. The fraction of sp³-hybridized carbons (Fsp3) is 0.571. The lowest BCUT2D eigenvalue weighted by Gasteiger charge is -2.37. The average Bonchev–Trinajstić information content (AvgIpc) is 2.10. The fourth-order valence-corrected chi connectivity index (χ4v) is 1.21. The number of hydrogen-bond donors (Lipinski definition) is 0. The summed E-state index contributed by atoms with van der Waals surface area (Å²) in [6.07, 6.45) is -1.79. The zero-order chi connectivity index (χ0) is 12.1. The molecule has 0 unspecified atom stereocenters. The predicted molar refractivity (Wildman–Crippen MR) is 38.0 cm³/mol. The van der Waals surface area contributed by atoms with Crippen LogP contribution in [0, 0.1) is 11.3 Å². The van der Waals surface area contributed by atoms with E-state index in [4.69, 9.17) is 5.26 Å². The molecule has 0 fully saturated rings. The summed E-state index contributed by atoms with van der Waals surface area (Å²) in [5, 5.41) is 3.26. The van der Waals surface area contributed by atoms with E-state index in [1.54, 1.807) is 0 Å². The minimum absolute atomic E-state index is 0.822. The van der Waals surface area contributed by atoms with E-state index in [1.807, 2.05) is 0 Å². The molecule has 0 aliphatic heterocycles. The topological polar surface area (TPSA) is 23.8 Å². The van der Waals surface area contributed by atoms with Crippen LogP contribution in [0.25, 0.3) is 0 Å². The van der Waals surface area contributed by atoms with E-state index < -0.39 is 34.8 Å². The first-order valence-corrected chi connectivity index (χ1v) is 3.88. The molecular formula is C7H2ClF6N. The van der Waals surface area contributed by atoms with Crippen LogP contribution in [0.5, 0.6) is 0 Å². The Morgan fingerprint density at radius 3 is 2.07 bits per heavy atom. The van der Waals surface area contributed by atoms with Crippen molar-refractivity contribution in [1.82, 2.24) is 0 Å². The third-order valence-electron chi connectivity index (χ3n) is 1.93. The minimum atomic E-state index is -5.22. The summed E-state index contributed by atoms with van der Waals surface area (Å²) in [6, 6.07) is 0.822. The van der Waals surface area contributed by atoms with Gasteiger partial charge in [0.25, 0.3) is 0 Å². The minimum Gasteiger partial charge on any atom is -0.212 e. The van der Waals surface area contributed by atoms with Gasteiger partial charge in [-0.15, -0.1) is 0 Å². The molecule has 0 saturated heterocycles. The van der Waals surface area contributed by atoms with Gasteiger partial charge in [-0.25, -0.2) is 17.6 Å². The molecule has 1 aliphatic carbocycles. The van der Waals surface area contributed by atoms with Gasteiger partial charge in [0.1, 0.15) is 0 Å². The molecule has 0 aromatic carbocycles.